The molecule has 0 amide bonds. The minimum Gasteiger partial charge on any atom is -0.396 e. The smallest absolute Gasteiger partial charge is 0.119 e. The Hall–Kier alpha value is -0.530. The molecule has 1 atom stereocenters. The molecule has 0 heterocycles. The molecule has 1 saturated carbocycles. The van der Waals surface area contributed by atoms with Gasteiger partial charge in [-0.25, -0.2) is 0 Å². The van der Waals surface area contributed by atoms with E-state index in [0.717, 1.165) is 13.0 Å². The predicted molar refractivity (Wildman–Crippen MR) is 55.9 cm³/mol. The van der Waals surface area contributed by atoms with Gasteiger partial charge in [-0.1, -0.05) is 32.3 Å². The second-order valence-electron chi connectivity index (χ2n) is 4.42. The second kappa shape index (κ2) is 5.25. The number of oxime groups is 1. The molecule has 2 nitrogen and oxygen atoms in total. The lowest BCUT2D eigenvalue weighted by molar-refractivity contribution is 0.116. The van der Waals surface area contributed by atoms with Gasteiger partial charge in [-0.15, -0.1) is 0 Å². The van der Waals surface area contributed by atoms with E-state index in [1.165, 1.54) is 25.0 Å². The molecule has 13 heavy (non-hydrogen) atoms. The zero-order valence-corrected chi connectivity index (χ0v) is 9.05. The zero-order valence-electron chi connectivity index (χ0n) is 9.05. The fourth-order valence-corrected chi connectivity index (χ4v) is 1.57. The van der Waals surface area contributed by atoms with Crippen molar-refractivity contribution in [2.45, 2.75) is 46.5 Å². The summed E-state index contributed by atoms with van der Waals surface area (Å²) in [7, 11) is 0. The fourth-order valence-electron chi connectivity index (χ4n) is 1.57. The van der Waals surface area contributed by atoms with Gasteiger partial charge in [-0.2, -0.15) is 0 Å². The minimum absolute atomic E-state index is 0.572. The van der Waals surface area contributed by atoms with E-state index in [2.05, 4.69) is 25.9 Å². The van der Waals surface area contributed by atoms with Crippen molar-refractivity contribution in [1.29, 1.82) is 0 Å². The highest BCUT2D eigenvalue weighted by Gasteiger charge is 2.16. The fraction of sp³-hybridized carbons (Fsp3) is 0.909. The van der Waals surface area contributed by atoms with Crippen LogP contribution in [0.2, 0.25) is 0 Å². The highest BCUT2D eigenvalue weighted by molar-refractivity contribution is 5.86. The Bertz CT molecular complexity index is 175. The van der Waals surface area contributed by atoms with E-state index in [0.29, 0.717) is 11.8 Å². The molecule has 1 aliphatic rings. The van der Waals surface area contributed by atoms with Gasteiger partial charge in [-0.3, -0.25) is 0 Å². The Morgan fingerprint density at radius 3 is 2.85 bits per heavy atom. The number of nitrogens with zero attached hydrogens (tertiary/aromatic N) is 1. The van der Waals surface area contributed by atoms with Crippen molar-refractivity contribution in [3.8, 4) is 0 Å². The van der Waals surface area contributed by atoms with Crippen LogP contribution < -0.4 is 0 Å². The zero-order chi connectivity index (χ0) is 9.68. The van der Waals surface area contributed by atoms with Crippen molar-refractivity contribution in [1.82, 2.24) is 0 Å². The molecule has 1 unspecified atom stereocenters. The molecule has 0 aromatic rings. The maximum Gasteiger partial charge on any atom is 0.119 e. The highest BCUT2D eigenvalue weighted by Crippen LogP contribution is 2.21. The van der Waals surface area contributed by atoms with Crippen molar-refractivity contribution in [3.63, 3.8) is 0 Å². The first-order valence-electron chi connectivity index (χ1n) is 5.39. The first-order chi connectivity index (χ1) is 6.20. The largest absolute Gasteiger partial charge is 0.396 e. The number of hydrogen-bond donors (Lipinski definition) is 0. The summed E-state index contributed by atoms with van der Waals surface area (Å²) < 4.78 is 0. The summed E-state index contributed by atoms with van der Waals surface area (Å²) in [5.41, 5.74) is 1.27. The third kappa shape index (κ3) is 3.79. The van der Waals surface area contributed by atoms with Crippen molar-refractivity contribution >= 4 is 5.71 Å². The Morgan fingerprint density at radius 1 is 1.46 bits per heavy atom. The quantitative estimate of drug-likeness (QED) is 0.616. The van der Waals surface area contributed by atoms with Crippen LogP contribution in [-0.4, -0.2) is 12.3 Å². The first kappa shape index (κ1) is 10.6. The van der Waals surface area contributed by atoms with E-state index in [4.69, 9.17) is 4.84 Å². The Balaban J connectivity index is 2.31. The SMILES string of the molecule is CC(C)CO/N=C1/CCCCC1C. The van der Waals surface area contributed by atoms with Crippen LogP contribution in [0.15, 0.2) is 5.16 Å². The van der Waals surface area contributed by atoms with E-state index < -0.39 is 0 Å². The van der Waals surface area contributed by atoms with E-state index in [1.807, 2.05) is 0 Å². The monoisotopic (exact) mass is 183 g/mol. The van der Waals surface area contributed by atoms with Gasteiger partial charge in [0.2, 0.25) is 0 Å². The van der Waals surface area contributed by atoms with Crippen molar-refractivity contribution in [2.24, 2.45) is 17.0 Å². The lowest BCUT2D eigenvalue weighted by Gasteiger charge is -2.19. The molecule has 0 bridgehead atoms. The molecule has 1 aliphatic carbocycles. The summed E-state index contributed by atoms with van der Waals surface area (Å²) in [5.74, 6) is 1.21. The minimum atomic E-state index is 0.572. The topological polar surface area (TPSA) is 21.6 Å². The van der Waals surface area contributed by atoms with Crippen molar-refractivity contribution in [2.75, 3.05) is 6.61 Å². The molecule has 76 valence electrons. The first-order valence-corrected chi connectivity index (χ1v) is 5.39. The van der Waals surface area contributed by atoms with Crippen molar-refractivity contribution in [3.05, 3.63) is 0 Å². The third-order valence-corrected chi connectivity index (χ3v) is 2.48. The summed E-state index contributed by atoms with van der Waals surface area (Å²) in [6.45, 7) is 7.28. The van der Waals surface area contributed by atoms with E-state index in [-0.39, 0.29) is 0 Å². The van der Waals surface area contributed by atoms with Gasteiger partial charge >= 0.3 is 0 Å². The molecule has 0 saturated heterocycles. The summed E-state index contributed by atoms with van der Waals surface area (Å²) in [4.78, 5) is 5.29. The van der Waals surface area contributed by atoms with E-state index in [1.54, 1.807) is 0 Å². The molecular weight excluding hydrogens is 162 g/mol. The summed E-state index contributed by atoms with van der Waals surface area (Å²) in [6.07, 6.45) is 5.06. The lowest BCUT2D eigenvalue weighted by atomic mass is 9.89. The predicted octanol–water partition coefficient (Wildman–Crippen LogP) is 3.23. The summed E-state index contributed by atoms with van der Waals surface area (Å²) in [5, 5.41) is 4.22. The second-order valence-corrected chi connectivity index (χ2v) is 4.42. The highest BCUT2D eigenvalue weighted by atomic mass is 16.6. The van der Waals surface area contributed by atoms with Crippen LogP contribution in [0.3, 0.4) is 0 Å². The van der Waals surface area contributed by atoms with Gasteiger partial charge in [0.1, 0.15) is 6.61 Å². The van der Waals surface area contributed by atoms with Gasteiger partial charge in [0.15, 0.2) is 0 Å². The Morgan fingerprint density at radius 2 is 2.23 bits per heavy atom. The third-order valence-electron chi connectivity index (χ3n) is 2.48. The molecular formula is C11H21NO. The average molecular weight is 183 g/mol. The van der Waals surface area contributed by atoms with Crippen LogP contribution in [-0.2, 0) is 4.84 Å². The van der Waals surface area contributed by atoms with E-state index in [9.17, 15) is 0 Å². The Kier molecular flexibility index (Phi) is 4.26. The van der Waals surface area contributed by atoms with Gasteiger partial charge < -0.3 is 4.84 Å². The van der Waals surface area contributed by atoms with Gasteiger partial charge in [0, 0.05) is 0 Å². The number of hydrogen-bond acceptors (Lipinski definition) is 2. The van der Waals surface area contributed by atoms with Crippen LogP contribution >= 0.6 is 0 Å². The summed E-state index contributed by atoms with van der Waals surface area (Å²) in [6, 6.07) is 0. The summed E-state index contributed by atoms with van der Waals surface area (Å²) >= 11 is 0. The normalized spacial score (nSPS) is 26.8. The molecule has 1 fully saturated rings. The Labute approximate surface area is 81.3 Å². The number of rotatable bonds is 3. The average Bonchev–Trinajstić information content (AvgIpc) is 2.08. The standard InChI is InChI=1S/C11H21NO/c1-9(2)8-13-12-11-7-5-4-6-10(11)3/h9-10H,4-8H2,1-3H3/b12-11-. The molecule has 0 spiro atoms. The van der Waals surface area contributed by atoms with E-state index >= 15 is 0 Å². The molecule has 0 N–H and O–H groups in total. The maximum absolute atomic E-state index is 5.29. The molecule has 0 aromatic carbocycles. The molecule has 0 aliphatic heterocycles. The van der Waals surface area contributed by atoms with Crippen molar-refractivity contribution < 1.29 is 4.84 Å². The molecule has 2 heteroatoms. The van der Waals surface area contributed by atoms with Crippen LogP contribution in [0.1, 0.15) is 46.5 Å². The van der Waals surface area contributed by atoms with Crippen LogP contribution in [0, 0.1) is 11.8 Å². The van der Waals surface area contributed by atoms with Crippen LogP contribution in [0.25, 0.3) is 0 Å². The van der Waals surface area contributed by atoms with Gasteiger partial charge in [-0.05, 0) is 31.1 Å². The lowest BCUT2D eigenvalue weighted by Crippen LogP contribution is -2.16. The molecule has 1 rings (SSSR count). The maximum atomic E-state index is 5.29. The van der Waals surface area contributed by atoms with Gasteiger partial charge in [0.05, 0.1) is 5.71 Å². The van der Waals surface area contributed by atoms with Gasteiger partial charge in [0.25, 0.3) is 0 Å². The van der Waals surface area contributed by atoms with Crippen LogP contribution in [0.5, 0.6) is 0 Å². The molecule has 0 radical (unpaired) electrons. The molecule has 0 aromatic heterocycles. The van der Waals surface area contributed by atoms with Crippen LogP contribution in [0.4, 0.5) is 0 Å².